The minimum atomic E-state index is -4.32. The molecular formula is C10H8N2O6S. The highest BCUT2D eigenvalue weighted by molar-refractivity contribution is 7.85. The van der Waals surface area contributed by atoms with E-state index >= 15 is 0 Å². The molecule has 0 spiro atoms. The Balaban J connectivity index is 2.55. The maximum absolute atomic E-state index is 11.1. The lowest BCUT2D eigenvalue weighted by molar-refractivity contribution is 0.0687. The number of hydrogen-bond donors (Lipinski definition) is 3. The number of hydrogen-bond acceptors (Lipinski definition) is 4. The van der Waals surface area contributed by atoms with Gasteiger partial charge in [-0.25, -0.2) is 9.48 Å². The molecule has 0 aliphatic heterocycles. The number of nitrogens with zero attached hydrogens (tertiary/aromatic N) is 1. The van der Waals surface area contributed by atoms with E-state index in [0.29, 0.717) is 0 Å². The minimum absolute atomic E-state index is 0.243. The summed E-state index contributed by atoms with van der Waals surface area (Å²) in [6.07, 6.45) is 0. The summed E-state index contributed by atoms with van der Waals surface area (Å²) in [7, 11) is -4.32. The van der Waals surface area contributed by atoms with Crippen LogP contribution in [0.1, 0.15) is 10.5 Å². The monoisotopic (exact) mass is 284 g/mol. The summed E-state index contributed by atoms with van der Waals surface area (Å²) in [6, 6.07) is 5.60. The van der Waals surface area contributed by atoms with Gasteiger partial charge in [0.2, 0.25) is 0 Å². The Morgan fingerprint density at radius 1 is 1.21 bits per heavy atom. The van der Waals surface area contributed by atoms with Gasteiger partial charge in [-0.2, -0.15) is 8.42 Å². The zero-order chi connectivity index (χ0) is 14.2. The van der Waals surface area contributed by atoms with Crippen LogP contribution in [0.2, 0.25) is 0 Å². The molecule has 0 saturated heterocycles. The van der Waals surface area contributed by atoms with Gasteiger partial charge >= 0.3 is 5.97 Å². The Hall–Kier alpha value is -2.39. The summed E-state index contributed by atoms with van der Waals surface area (Å²) in [5, 5.41) is 11.2. The number of aromatic carboxylic acids is 1. The van der Waals surface area contributed by atoms with Crippen molar-refractivity contribution in [3.63, 3.8) is 0 Å². The first-order valence-corrected chi connectivity index (χ1v) is 6.36. The van der Waals surface area contributed by atoms with Crippen molar-refractivity contribution in [1.82, 2.24) is 9.78 Å². The molecule has 1 aromatic carbocycles. The maximum atomic E-state index is 11.1. The number of nitrogens with one attached hydrogen (secondary N) is 1. The van der Waals surface area contributed by atoms with Gasteiger partial charge in [0.15, 0.2) is 5.69 Å². The summed E-state index contributed by atoms with van der Waals surface area (Å²) in [6.45, 7) is 0. The van der Waals surface area contributed by atoms with Crippen LogP contribution in [0.15, 0.2) is 40.0 Å². The minimum Gasteiger partial charge on any atom is -0.477 e. The molecular weight excluding hydrogens is 276 g/mol. The third-order valence-corrected chi connectivity index (χ3v) is 3.21. The zero-order valence-electron chi connectivity index (χ0n) is 9.27. The van der Waals surface area contributed by atoms with Crippen LogP contribution in [0.25, 0.3) is 5.69 Å². The topological polar surface area (TPSA) is 129 Å². The molecule has 100 valence electrons. The van der Waals surface area contributed by atoms with Gasteiger partial charge < -0.3 is 5.11 Å². The van der Waals surface area contributed by atoms with Crippen molar-refractivity contribution in [3.05, 3.63) is 46.4 Å². The molecule has 0 bridgehead atoms. The number of aromatic nitrogens is 2. The highest BCUT2D eigenvalue weighted by Gasteiger charge is 2.14. The average Bonchev–Trinajstić information content (AvgIpc) is 2.70. The van der Waals surface area contributed by atoms with Crippen LogP contribution >= 0.6 is 0 Å². The van der Waals surface area contributed by atoms with Crippen LogP contribution in [0.4, 0.5) is 0 Å². The molecule has 0 aliphatic carbocycles. The SMILES string of the molecule is O=C(O)c1cc(=O)[nH]n1-c1ccc(S(=O)(=O)O)cc1. The van der Waals surface area contributed by atoms with Crippen LogP contribution in [0.5, 0.6) is 0 Å². The lowest BCUT2D eigenvalue weighted by Crippen LogP contribution is -2.09. The molecule has 0 saturated carbocycles. The van der Waals surface area contributed by atoms with E-state index in [1.165, 1.54) is 12.1 Å². The molecule has 0 amide bonds. The lowest BCUT2D eigenvalue weighted by Gasteiger charge is -2.05. The Bertz CT molecular complexity index is 784. The molecule has 0 fully saturated rings. The lowest BCUT2D eigenvalue weighted by atomic mass is 10.3. The van der Waals surface area contributed by atoms with Crippen LogP contribution in [-0.2, 0) is 10.1 Å². The maximum Gasteiger partial charge on any atom is 0.354 e. The second kappa shape index (κ2) is 4.37. The van der Waals surface area contributed by atoms with E-state index in [4.69, 9.17) is 9.66 Å². The van der Waals surface area contributed by atoms with Gasteiger partial charge in [-0.05, 0) is 24.3 Å². The van der Waals surface area contributed by atoms with Gasteiger partial charge in [-0.1, -0.05) is 0 Å². The van der Waals surface area contributed by atoms with Crippen molar-refractivity contribution in [2.24, 2.45) is 0 Å². The van der Waals surface area contributed by atoms with E-state index in [1.807, 2.05) is 0 Å². The van der Waals surface area contributed by atoms with E-state index in [9.17, 15) is 18.0 Å². The van der Waals surface area contributed by atoms with Gasteiger partial charge in [-0.3, -0.25) is 14.4 Å². The van der Waals surface area contributed by atoms with Gasteiger partial charge in [0.1, 0.15) is 0 Å². The Morgan fingerprint density at radius 2 is 1.79 bits per heavy atom. The van der Waals surface area contributed by atoms with Crippen LogP contribution in [0, 0.1) is 0 Å². The van der Waals surface area contributed by atoms with Crippen molar-refractivity contribution in [1.29, 1.82) is 0 Å². The van der Waals surface area contributed by atoms with E-state index < -0.39 is 21.6 Å². The molecule has 1 aromatic heterocycles. The number of carboxylic acid groups (broad SMARTS) is 1. The second-order valence-corrected chi connectivity index (χ2v) is 5.04. The molecule has 0 aliphatic rings. The van der Waals surface area contributed by atoms with Crippen LogP contribution < -0.4 is 5.56 Å². The second-order valence-electron chi connectivity index (χ2n) is 3.62. The van der Waals surface area contributed by atoms with Gasteiger partial charge in [-0.15, -0.1) is 0 Å². The summed E-state index contributed by atoms with van der Waals surface area (Å²) in [5.74, 6) is -1.31. The fourth-order valence-electron chi connectivity index (χ4n) is 1.52. The van der Waals surface area contributed by atoms with Crippen LogP contribution in [0.3, 0.4) is 0 Å². The number of H-pyrrole nitrogens is 1. The third-order valence-electron chi connectivity index (χ3n) is 2.34. The van der Waals surface area contributed by atoms with E-state index in [1.54, 1.807) is 0 Å². The van der Waals surface area contributed by atoms with E-state index in [2.05, 4.69) is 5.10 Å². The molecule has 2 aromatic rings. The zero-order valence-corrected chi connectivity index (χ0v) is 10.1. The molecule has 8 nitrogen and oxygen atoms in total. The molecule has 0 unspecified atom stereocenters. The Kier molecular flexibility index (Phi) is 3.00. The fourth-order valence-corrected chi connectivity index (χ4v) is 2.00. The van der Waals surface area contributed by atoms with Crippen molar-refractivity contribution in [2.45, 2.75) is 4.90 Å². The summed E-state index contributed by atoms with van der Waals surface area (Å²) in [4.78, 5) is 21.7. The summed E-state index contributed by atoms with van der Waals surface area (Å²) >= 11 is 0. The molecule has 1 heterocycles. The number of rotatable bonds is 3. The van der Waals surface area contributed by atoms with Gasteiger partial charge in [0.05, 0.1) is 10.6 Å². The summed E-state index contributed by atoms with van der Waals surface area (Å²) in [5.41, 5.74) is -0.646. The number of benzene rings is 1. The number of carboxylic acids is 1. The molecule has 19 heavy (non-hydrogen) atoms. The first kappa shape index (κ1) is 13.1. The van der Waals surface area contributed by atoms with Crippen molar-refractivity contribution in [2.75, 3.05) is 0 Å². The van der Waals surface area contributed by atoms with E-state index in [-0.39, 0.29) is 16.3 Å². The smallest absolute Gasteiger partial charge is 0.354 e. The predicted octanol–water partition coefficient (Wildman–Crippen LogP) is 0.110. The normalized spacial score (nSPS) is 11.4. The molecule has 3 N–H and O–H groups in total. The van der Waals surface area contributed by atoms with Gasteiger partial charge in [0.25, 0.3) is 15.7 Å². The molecule has 0 atom stereocenters. The first-order valence-electron chi connectivity index (χ1n) is 4.92. The average molecular weight is 284 g/mol. The Labute approximate surface area is 106 Å². The van der Waals surface area contributed by atoms with Gasteiger partial charge in [0, 0.05) is 6.07 Å². The Morgan fingerprint density at radius 3 is 2.26 bits per heavy atom. The standard InChI is InChI=1S/C10H8N2O6S/c13-9-5-8(10(14)15)12(11-9)6-1-3-7(4-2-6)19(16,17)18/h1-5H,(H,11,13)(H,14,15)(H,16,17,18). The van der Waals surface area contributed by atoms with Crippen LogP contribution in [-0.4, -0.2) is 33.8 Å². The molecule has 0 radical (unpaired) electrons. The fraction of sp³-hybridized carbons (Fsp3) is 0. The first-order chi connectivity index (χ1) is 8.79. The largest absolute Gasteiger partial charge is 0.477 e. The number of aromatic amines is 1. The van der Waals surface area contributed by atoms with Crippen molar-refractivity contribution in [3.8, 4) is 5.69 Å². The quantitative estimate of drug-likeness (QED) is 0.686. The molecule has 2 rings (SSSR count). The third kappa shape index (κ3) is 2.56. The summed E-state index contributed by atoms with van der Waals surface area (Å²) < 4.78 is 31.5. The highest BCUT2D eigenvalue weighted by Crippen LogP contribution is 2.14. The predicted molar refractivity (Wildman–Crippen MR) is 63.2 cm³/mol. The molecule has 9 heteroatoms. The van der Waals surface area contributed by atoms with Crippen molar-refractivity contribution < 1.29 is 22.9 Å². The highest BCUT2D eigenvalue weighted by atomic mass is 32.2. The van der Waals surface area contributed by atoms with Crippen molar-refractivity contribution >= 4 is 16.1 Å². The van der Waals surface area contributed by atoms with E-state index in [0.717, 1.165) is 22.9 Å². The number of carbonyl (C=O) groups is 1.